The fourth-order valence-electron chi connectivity index (χ4n) is 2.71. The number of aliphatic hydroxyl groups is 1. The summed E-state index contributed by atoms with van der Waals surface area (Å²) in [5, 5.41) is 19.2. The van der Waals surface area contributed by atoms with Crippen molar-refractivity contribution >= 4 is 0 Å². The molecule has 0 bridgehead atoms. The van der Waals surface area contributed by atoms with Gasteiger partial charge in [0.2, 0.25) is 0 Å². The molecule has 1 aliphatic carbocycles. The SMILES string of the molecule is CC(C#N)C1(O)CC(C)(C)CC1C. The van der Waals surface area contributed by atoms with Crippen molar-refractivity contribution < 1.29 is 5.11 Å². The van der Waals surface area contributed by atoms with Crippen LogP contribution in [0.25, 0.3) is 0 Å². The Balaban J connectivity index is 2.88. The summed E-state index contributed by atoms with van der Waals surface area (Å²) in [4.78, 5) is 0. The molecule has 1 aliphatic rings. The predicted molar refractivity (Wildman–Crippen MR) is 51.9 cm³/mol. The maximum atomic E-state index is 10.3. The average Bonchev–Trinajstić information content (AvgIpc) is 2.20. The van der Waals surface area contributed by atoms with Crippen LogP contribution in [0.4, 0.5) is 0 Å². The zero-order chi connectivity index (χ0) is 10.3. The van der Waals surface area contributed by atoms with Crippen molar-refractivity contribution in [2.75, 3.05) is 0 Å². The van der Waals surface area contributed by atoms with Crippen molar-refractivity contribution in [3.63, 3.8) is 0 Å². The van der Waals surface area contributed by atoms with E-state index in [0.29, 0.717) is 0 Å². The lowest BCUT2D eigenvalue weighted by Gasteiger charge is -2.30. The highest BCUT2D eigenvalue weighted by atomic mass is 16.3. The minimum atomic E-state index is -0.766. The molecular weight excluding hydrogens is 162 g/mol. The lowest BCUT2D eigenvalue weighted by Crippen LogP contribution is -2.38. The zero-order valence-corrected chi connectivity index (χ0v) is 8.96. The smallest absolute Gasteiger partial charge is 0.0833 e. The van der Waals surface area contributed by atoms with Crippen LogP contribution < -0.4 is 0 Å². The van der Waals surface area contributed by atoms with Crippen LogP contribution in [0.3, 0.4) is 0 Å². The van der Waals surface area contributed by atoms with Crippen molar-refractivity contribution in [2.45, 2.75) is 46.1 Å². The number of nitriles is 1. The Morgan fingerprint density at radius 1 is 1.54 bits per heavy atom. The third kappa shape index (κ3) is 1.71. The minimum absolute atomic E-state index is 0.180. The largest absolute Gasteiger partial charge is 0.388 e. The van der Waals surface area contributed by atoms with Gasteiger partial charge in [-0.3, -0.25) is 0 Å². The second-order valence-electron chi connectivity index (χ2n) is 5.29. The molecule has 13 heavy (non-hydrogen) atoms. The fourth-order valence-corrected chi connectivity index (χ4v) is 2.71. The van der Waals surface area contributed by atoms with Crippen LogP contribution in [0.5, 0.6) is 0 Å². The molecule has 1 fully saturated rings. The van der Waals surface area contributed by atoms with Crippen LogP contribution in [0.2, 0.25) is 0 Å². The molecule has 3 unspecified atom stereocenters. The molecular formula is C11H19NO. The Labute approximate surface area is 80.6 Å². The van der Waals surface area contributed by atoms with Gasteiger partial charge in [-0.1, -0.05) is 20.8 Å². The molecule has 0 spiro atoms. The van der Waals surface area contributed by atoms with Gasteiger partial charge in [0.05, 0.1) is 17.6 Å². The first kappa shape index (κ1) is 10.5. The number of hydrogen-bond donors (Lipinski definition) is 1. The second-order valence-corrected chi connectivity index (χ2v) is 5.29. The van der Waals surface area contributed by atoms with Crippen molar-refractivity contribution in [3.8, 4) is 6.07 Å². The predicted octanol–water partition coefficient (Wildman–Crippen LogP) is 2.33. The molecule has 0 saturated heterocycles. The van der Waals surface area contributed by atoms with Gasteiger partial charge < -0.3 is 5.11 Å². The summed E-state index contributed by atoms with van der Waals surface area (Å²) >= 11 is 0. The topological polar surface area (TPSA) is 44.0 Å². The summed E-state index contributed by atoms with van der Waals surface area (Å²) in [6.45, 7) is 8.18. The summed E-state index contributed by atoms with van der Waals surface area (Å²) in [6.07, 6.45) is 1.76. The molecule has 1 rings (SSSR count). The summed E-state index contributed by atoms with van der Waals surface area (Å²) in [5.41, 5.74) is -0.586. The molecule has 0 amide bonds. The van der Waals surface area contributed by atoms with Gasteiger partial charge in [0.25, 0.3) is 0 Å². The average molecular weight is 181 g/mol. The van der Waals surface area contributed by atoms with Gasteiger partial charge in [-0.2, -0.15) is 5.26 Å². The molecule has 0 aromatic carbocycles. The highest BCUT2D eigenvalue weighted by Gasteiger charge is 2.50. The van der Waals surface area contributed by atoms with Crippen molar-refractivity contribution in [1.29, 1.82) is 5.26 Å². The van der Waals surface area contributed by atoms with Crippen molar-refractivity contribution in [2.24, 2.45) is 17.3 Å². The normalized spacial score (nSPS) is 39.8. The van der Waals surface area contributed by atoms with E-state index in [0.717, 1.165) is 12.8 Å². The van der Waals surface area contributed by atoms with Gasteiger partial charge in [0, 0.05) is 0 Å². The molecule has 1 N–H and O–H groups in total. The van der Waals surface area contributed by atoms with Crippen molar-refractivity contribution in [1.82, 2.24) is 0 Å². The van der Waals surface area contributed by atoms with Crippen LogP contribution in [0.15, 0.2) is 0 Å². The van der Waals surface area contributed by atoms with E-state index in [-0.39, 0.29) is 17.3 Å². The second kappa shape index (κ2) is 2.99. The highest BCUT2D eigenvalue weighted by molar-refractivity contribution is 5.06. The third-order valence-corrected chi connectivity index (χ3v) is 3.42. The monoisotopic (exact) mass is 181 g/mol. The van der Waals surface area contributed by atoms with Gasteiger partial charge >= 0.3 is 0 Å². The molecule has 0 aliphatic heterocycles. The summed E-state index contributed by atoms with van der Waals surface area (Å²) in [6, 6.07) is 2.17. The lowest BCUT2D eigenvalue weighted by atomic mass is 9.80. The quantitative estimate of drug-likeness (QED) is 0.674. The minimum Gasteiger partial charge on any atom is -0.388 e. The van der Waals surface area contributed by atoms with E-state index in [1.165, 1.54) is 0 Å². The number of nitrogens with zero attached hydrogens (tertiary/aromatic N) is 1. The van der Waals surface area contributed by atoms with E-state index in [4.69, 9.17) is 5.26 Å². The van der Waals surface area contributed by atoms with Crippen LogP contribution in [0, 0.1) is 28.6 Å². The Hall–Kier alpha value is -0.550. The molecule has 2 nitrogen and oxygen atoms in total. The van der Waals surface area contributed by atoms with Crippen LogP contribution in [-0.2, 0) is 0 Å². The van der Waals surface area contributed by atoms with E-state index in [1.54, 1.807) is 0 Å². The van der Waals surface area contributed by atoms with E-state index in [9.17, 15) is 5.11 Å². The van der Waals surface area contributed by atoms with E-state index in [1.807, 2.05) is 13.8 Å². The first-order valence-electron chi connectivity index (χ1n) is 4.94. The van der Waals surface area contributed by atoms with Crippen molar-refractivity contribution in [3.05, 3.63) is 0 Å². The van der Waals surface area contributed by atoms with E-state index in [2.05, 4.69) is 19.9 Å². The molecule has 74 valence electrons. The molecule has 0 aromatic heterocycles. The molecule has 0 aromatic rings. The van der Waals surface area contributed by atoms with Gasteiger partial charge in [-0.15, -0.1) is 0 Å². The standard InChI is InChI=1S/C11H19NO/c1-8-5-10(3,4)7-11(8,13)9(2)6-12/h8-9,13H,5,7H2,1-4H3. The maximum absolute atomic E-state index is 10.3. The van der Waals surface area contributed by atoms with E-state index >= 15 is 0 Å². The molecule has 3 atom stereocenters. The van der Waals surface area contributed by atoms with Gasteiger partial charge in [0.1, 0.15) is 0 Å². The number of rotatable bonds is 1. The van der Waals surface area contributed by atoms with Crippen LogP contribution in [-0.4, -0.2) is 10.7 Å². The van der Waals surface area contributed by atoms with Crippen LogP contribution >= 0.6 is 0 Å². The molecule has 0 radical (unpaired) electrons. The maximum Gasteiger partial charge on any atom is 0.0833 e. The Morgan fingerprint density at radius 3 is 2.38 bits per heavy atom. The Bertz CT molecular complexity index is 241. The Morgan fingerprint density at radius 2 is 2.08 bits per heavy atom. The van der Waals surface area contributed by atoms with Gasteiger partial charge in [-0.25, -0.2) is 0 Å². The third-order valence-electron chi connectivity index (χ3n) is 3.42. The molecule has 2 heteroatoms. The molecule has 1 saturated carbocycles. The van der Waals surface area contributed by atoms with Gasteiger partial charge in [-0.05, 0) is 31.1 Å². The van der Waals surface area contributed by atoms with Gasteiger partial charge in [0.15, 0.2) is 0 Å². The first-order valence-corrected chi connectivity index (χ1v) is 4.94. The fraction of sp³-hybridized carbons (Fsp3) is 0.909. The lowest BCUT2D eigenvalue weighted by molar-refractivity contribution is -0.0259. The summed E-state index contributed by atoms with van der Waals surface area (Å²) in [7, 11) is 0. The Kier molecular flexibility index (Phi) is 2.42. The first-order chi connectivity index (χ1) is 5.82. The summed E-state index contributed by atoms with van der Waals surface area (Å²) < 4.78 is 0. The van der Waals surface area contributed by atoms with E-state index < -0.39 is 5.60 Å². The number of hydrogen-bond acceptors (Lipinski definition) is 2. The molecule has 0 heterocycles. The van der Waals surface area contributed by atoms with Crippen LogP contribution in [0.1, 0.15) is 40.5 Å². The summed E-state index contributed by atoms with van der Waals surface area (Å²) in [5.74, 6) is -0.0265. The zero-order valence-electron chi connectivity index (χ0n) is 8.96. The highest BCUT2D eigenvalue weighted by Crippen LogP contribution is 2.50.